The lowest BCUT2D eigenvalue weighted by molar-refractivity contribution is -0.122. The number of likely N-dealkylation sites (tertiary alicyclic amines) is 1. The fourth-order valence-electron chi connectivity index (χ4n) is 3.57. The van der Waals surface area contributed by atoms with Gasteiger partial charge >= 0.3 is 0 Å². The van der Waals surface area contributed by atoms with Gasteiger partial charge in [-0.3, -0.25) is 9.69 Å². The van der Waals surface area contributed by atoms with E-state index < -0.39 is 0 Å². The fraction of sp³-hybridized carbons (Fsp3) is 0.409. The highest BCUT2D eigenvalue weighted by Gasteiger charge is 2.21. The molecule has 0 aliphatic carbocycles. The Kier molecular flexibility index (Phi) is 6.29. The number of para-hydroxylation sites is 1. The van der Waals surface area contributed by atoms with Crippen molar-refractivity contribution in [2.24, 2.45) is 0 Å². The zero-order valence-electron chi connectivity index (χ0n) is 15.6. The number of nitrogens with two attached hydrogens (primary N) is 1. The van der Waals surface area contributed by atoms with Crippen LogP contribution in [0.5, 0.6) is 0 Å². The first-order valence-electron chi connectivity index (χ1n) is 9.51. The average molecular weight is 351 g/mol. The molecule has 0 atom stereocenters. The molecule has 1 aliphatic heterocycles. The van der Waals surface area contributed by atoms with Crippen molar-refractivity contribution >= 4 is 11.6 Å². The lowest BCUT2D eigenvalue weighted by Crippen LogP contribution is -2.44. The van der Waals surface area contributed by atoms with E-state index in [2.05, 4.69) is 41.4 Å². The number of carbonyl (C=O) groups is 1. The third-order valence-corrected chi connectivity index (χ3v) is 5.28. The van der Waals surface area contributed by atoms with Crippen LogP contribution in [-0.2, 0) is 17.8 Å². The molecule has 0 bridgehead atoms. The lowest BCUT2D eigenvalue weighted by Gasteiger charge is -2.32. The minimum atomic E-state index is 0.130. The number of nitrogens with zero attached hydrogens (tertiary/aromatic N) is 1. The van der Waals surface area contributed by atoms with Gasteiger partial charge in [-0.1, -0.05) is 42.5 Å². The molecule has 2 aromatic rings. The smallest absolute Gasteiger partial charge is 0.220 e. The van der Waals surface area contributed by atoms with Crippen LogP contribution in [0.2, 0.25) is 0 Å². The lowest BCUT2D eigenvalue weighted by atomic mass is 10.0. The van der Waals surface area contributed by atoms with E-state index in [0.29, 0.717) is 18.9 Å². The Morgan fingerprint density at radius 2 is 1.73 bits per heavy atom. The zero-order valence-corrected chi connectivity index (χ0v) is 15.6. The second-order valence-corrected chi connectivity index (χ2v) is 7.24. The van der Waals surface area contributed by atoms with E-state index in [0.717, 1.165) is 43.7 Å². The van der Waals surface area contributed by atoms with E-state index in [1.807, 2.05) is 24.3 Å². The Hall–Kier alpha value is -2.33. The second-order valence-electron chi connectivity index (χ2n) is 7.24. The fourth-order valence-corrected chi connectivity index (χ4v) is 3.57. The number of anilines is 1. The van der Waals surface area contributed by atoms with Gasteiger partial charge in [0.1, 0.15) is 0 Å². The van der Waals surface area contributed by atoms with Gasteiger partial charge in [0.25, 0.3) is 0 Å². The molecule has 1 saturated heterocycles. The topological polar surface area (TPSA) is 58.4 Å². The van der Waals surface area contributed by atoms with Gasteiger partial charge < -0.3 is 11.1 Å². The van der Waals surface area contributed by atoms with Gasteiger partial charge in [0.05, 0.1) is 0 Å². The van der Waals surface area contributed by atoms with Crippen LogP contribution in [0.3, 0.4) is 0 Å². The molecule has 1 aliphatic rings. The summed E-state index contributed by atoms with van der Waals surface area (Å²) >= 11 is 0. The van der Waals surface area contributed by atoms with Crippen molar-refractivity contribution in [1.29, 1.82) is 0 Å². The summed E-state index contributed by atoms with van der Waals surface area (Å²) in [7, 11) is 0. The van der Waals surface area contributed by atoms with Crippen LogP contribution in [0.4, 0.5) is 5.69 Å². The predicted molar refractivity (Wildman–Crippen MR) is 107 cm³/mol. The molecule has 4 heteroatoms. The van der Waals surface area contributed by atoms with Crippen molar-refractivity contribution in [2.75, 3.05) is 18.8 Å². The molecular weight excluding hydrogens is 322 g/mol. The Balaban J connectivity index is 1.40. The predicted octanol–water partition coefficient (Wildman–Crippen LogP) is 3.29. The van der Waals surface area contributed by atoms with E-state index in [1.165, 1.54) is 11.1 Å². The molecule has 0 radical (unpaired) electrons. The number of rotatable bonds is 6. The minimum Gasteiger partial charge on any atom is -0.399 e. The molecule has 3 rings (SSSR count). The summed E-state index contributed by atoms with van der Waals surface area (Å²) in [6.45, 7) is 5.23. The SMILES string of the molecule is Cc1ccccc1CN1CCC(NC(=O)CCc2ccccc2N)CC1. The largest absolute Gasteiger partial charge is 0.399 e. The van der Waals surface area contributed by atoms with Crippen LogP contribution in [0.15, 0.2) is 48.5 Å². The molecule has 1 amide bonds. The number of benzene rings is 2. The van der Waals surface area contributed by atoms with Gasteiger partial charge in [-0.2, -0.15) is 0 Å². The third-order valence-electron chi connectivity index (χ3n) is 5.28. The number of nitrogen functional groups attached to an aromatic ring is 1. The van der Waals surface area contributed by atoms with Gasteiger partial charge in [-0.05, 0) is 48.9 Å². The molecule has 2 aromatic carbocycles. The number of nitrogens with one attached hydrogen (secondary N) is 1. The molecule has 3 N–H and O–H groups in total. The van der Waals surface area contributed by atoms with Crippen LogP contribution in [0.25, 0.3) is 0 Å². The van der Waals surface area contributed by atoms with Gasteiger partial charge in [-0.25, -0.2) is 0 Å². The Bertz CT molecular complexity index is 736. The normalized spacial score (nSPS) is 15.7. The maximum atomic E-state index is 12.2. The van der Waals surface area contributed by atoms with Crippen molar-refractivity contribution in [3.63, 3.8) is 0 Å². The van der Waals surface area contributed by atoms with Crippen molar-refractivity contribution < 1.29 is 4.79 Å². The summed E-state index contributed by atoms with van der Waals surface area (Å²) in [6, 6.07) is 16.6. The van der Waals surface area contributed by atoms with Crippen molar-refractivity contribution in [2.45, 2.75) is 45.2 Å². The molecule has 1 heterocycles. The quantitative estimate of drug-likeness (QED) is 0.785. The van der Waals surface area contributed by atoms with Crippen molar-refractivity contribution in [3.8, 4) is 0 Å². The standard InChI is InChI=1S/C22H29N3O/c1-17-6-2-3-8-19(17)16-25-14-12-20(13-15-25)24-22(26)11-10-18-7-4-5-9-21(18)23/h2-9,20H,10-16,23H2,1H3,(H,24,26). The van der Waals surface area contributed by atoms with E-state index in [-0.39, 0.29) is 5.91 Å². The molecule has 138 valence electrons. The summed E-state index contributed by atoms with van der Waals surface area (Å²) in [5, 5.41) is 3.20. The maximum absolute atomic E-state index is 12.2. The minimum absolute atomic E-state index is 0.130. The number of amides is 1. The summed E-state index contributed by atoms with van der Waals surface area (Å²) < 4.78 is 0. The van der Waals surface area contributed by atoms with E-state index in [4.69, 9.17) is 5.73 Å². The Morgan fingerprint density at radius 3 is 2.42 bits per heavy atom. The van der Waals surface area contributed by atoms with E-state index in [1.54, 1.807) is 0 Å². The summed E-state index contributed by atoms with van der Waals surface area (Å²) in [6.07, 6.45) is 3.23. The molecule has 0 aromatic heterocycles. The third kappa shape index (κ3) is 5.09. The van der Waals surface area contributed by atoms with Gasteiger partial charge in [-0.15, -0.1) is 0 Å². The molecule has 4 nitrogen and oxygen atoms in total. The van der Waals surface area contributed by atoms with Crippen molar-refractivity contribution in [1.82, 2.24) is 10.2 Å². The average Bonchev–Trinajstić information content (AvgIpc) is 2.64. The van der Waals surface area contributed by atoms with Crippen LogP contribution in [0, 0.1) is 6.92 Å². The van der Waals surface area contributed by atoms with E-state index in [9.17, 15) is 4.79 Å². The van der Waals surface area contributed by atoms with Gasteiger partial charge in [0.2, 0.25) is 5.91 Å². The summed E-state index contributed by atoms with van der Waals surface area (Å²) in [4.78, 5) is 14.7. The van der Waals surface area contributed by atoms with Crippen LogP contribution >= 0.6 is 0 Å². The molecule has 1 fully saturated rings. The number of hydrogen-bond acceptors (Lipinski definition) is 3. The first-order chi connectivity index (χ1) is 12.6. The molecule has 0 spiro atoms. The monoisotopic (exact) mass is 351 g/mol. The molecule has 26 heavy (non-hydrogen) atoms. The van der Waals surface area contributed by atoms with Gasteiger partial charge in [0, 0.05) is 37.8 Å². The second kappa shape index (κ2) is 8.86. The summed E-state index contributed by atoms with van der Waals surface area (Å²) in [5.74, 6) is 0.130. The van der Waals surface area contributed by atoms with Crippen LogP contribution in [-0.4, -0.2) is 29.9 Å². The highest BCUT2D eigenvalue weighted by molar-refractivity contribution is 5.76. The molecular formula is C22H29N3O. The highest BCUT2D eigenvalue weighted by atomic mass is 16.1. The van der Waals surface area contributed by atoms with Crippen molar-refractivity contribution in [3.05, 3.63) is 65.2 Å². The number of hydrogen-bond donors (Lipinski definition) is 2. The van der Waals surface area contributed by atoms with Crippen LogP contribution < -0.4 is 11.1 Å². The Morgan fingerprint density at radius 1 is 1.08 bits per heavy atom. The number of aryl methyl sites for hydroxylation is 2. The molecule has 0 saturated carbocycles. The van der Waals surface area contributed by atoms with Gasteiger partial charge in [0.15, 0.2) is 0 Å². The highest BCUT2D eigenvalue weighted by Crippen LogP contribution is 2.17. The zero-order chi connectivity index (χ0) is 18.4. The van der Waals surface area contributed by atoms with E-state index >= 15 is 0 Å². The number of carbonyl (C=O) groups excluding carboxylic acids is 1. The number of piperidine rings is 1. The maximum Gasteiger partial charge on any atom is 0.220 e. The molecule has 0 unspecified atom stereocenters. The first-order valence-corrected chi connectivity index (χ1v) is 9.51. The Labute approximate surface area is 156 Å². The summed E-state index contributed by atoms with van der Waals surface area (Å²) in [5.41, 5.74) is 10.5. The first kappa shape index (κ1) is 18.5. The van der Waals surface area contributed by atoms with Crippen LogP contribution in [0.1, 0.15) is 36.0 Å².